The van der Waals surface area contributed by atoms with Crippen LogP contribution in [0.1, 0.15) is 47.9 Å². The van der Waals surface area contributed by atoms with E-state index in [0.29, 0.717) is 6.54 Å². The molecule has 0 unspecified atom stereocenters. The van der Waals surface area contributed by atoms with E-state index in [-0.39, 0.29) is 24.0 Å². The molecule has 150 valence electrons. The average Bonchev–Trinajstić information content (AvgIpc) is 3.00. The van der Waals surface area contributed by atoms with Gasteiger partial charge in [0.05, 0.1) is 5.69 Å². The van der Waals surface area contributed by atoms with Crippen LogP contribution in [0.25, 0.3) is 0 Å². The van der Waals surface area contributed by atoms with Crippen molar-refractivity contribution in [3.05, 3.63) is 28.6 Å². The first-order valence-electron chi connectivity index (χ1n) is 9.44. The Bertz CT molecular complexity index is 777. The number of halogens is 1. The number of nitrogens with one attached hydrogen (secondary N) is 2. The lowest BCUT2D eigenvalue weighted by atomic mass is 10.2. The second-order valence-corrected chi connectivity index (χ2v) is 6.87. The van der Waals surface area contributed by atoms with E-state index >= 15 is 0 Å². The molecule has 9 heteroatoms. The summed E-state index contributed by atoms with van der Waals surface area (Å²) in [7, 11) is 3.77. The number of aromatic nitrogens is 5. The molecule has 0 fully saturated rings. The molecule has 2 aromatic heterocycles. The van der Waals surface area contributed by atoms with Crippen molar-refractivity contribution >= 4 is 29.9 Å². The Balaban J connectivity index is 0.00000261. The third-order valence-corrected chi connectivity index (χ3v) is 5.14. The maximum atomic E-state index is 4.46. The van der Waals surface area contributed by atoms with E-state index in [4.69, 9.17) is 0 Å². The summed E-state index contributed by atoms with van der Waals surface area (Å²) in [5, 5.41) is 20.0. The lowest BCUT2D eigenvalue weighted by Crippen LogP contribution is -2.38. The van der Waals surface area contributed by atoms with Crippen molar-refractivity contribution in [1.29, 1.82) is 0 Å². The highest BCUT2D eigenvalue weighted by atomic mass is 127. The van der Waals surface area contributed by atoms with Gasteiger partial charge < -0.3 is 15.2 Å². The summed E-state index contributed by atoms with van der Waals surface area (Å²) in [6.45, 7) is 6.67. The van der Waals surface area contributed by atoms with Crippen molar-refractivity contribution in [1.82, 2.24) is 35.2 Å². The maximum absolute atomic E-state index is 4.46. The van der Waals surface area contributed by atoms with Crippen molar-refractivity contribution in [2.75, 3.05) is 13.6 Å². The molecule has 8 nitrogen and oxygen atoms in total. The van der Waals surface area contributed by atoms with Crippen LogP contribution in [0, 0.1) is 13.8 Å². The van der Waals surface area contributed by atoms with Crippen molar-refractivity contribution < 1.29 is 0 Å². The van der Waals surface area contributed by atoms with E-state index in [1.807, 2.05) is 18.7 Å². The fraction of sp³-hybridized carbons (Fsp3) is 0.667. The molecule has 3 heterocycles. The van der Waals surface area contributed by atoms with Gasteiger partial charge in [-0.05, 0) is 26.7 Å². The highest BCUT2D eigenvalue weighted by molar-refractivity contribution is 14.0. The molecule has 0 saturated heterocycles. The fourth-order valence-corrected chi connectivity index (χ4v) is 3.49. The third kappa shape index (κ3) is 5.20. The van der Waals surface area contributed by atoms with Crippen LogP contribution in [0.3, 0.4) is 0 Å². The van der Waals surface area contributed by atoms with Crippen molar-refractivity contribution in [3.63, 3.8) is 0 Å². The molecule has 1 aliphatic heterocycles. The number of rotatable bonds is 5. The summed E-state index contributed by atoms with van der Waals surface area (Å²) >= 11 is 0. The van der Waals surface area contributed by atoms with Crippen LogP contribution in [0.4, 0.5) is 0 Å². The monoisotopic (exact) mass is 486 g/mol. The summed E-state index contributed by atoms with van der Waals surface area (Å²) in [6.07, 6.45) is 5.62. The smallest absolute Gasteiger partial charge is 0.191 e. The molecule has 1 aliphatic rings. The van der Waals surface area contributed by atoms with E-state index in [0.717, 1.165) is 49.2 Å². The van der Waals surface area contributed by atoms with Crippen LogP contribution in [0.15, 0.2) is 4.99 Å². The molecule has 0 amide bonds. The van der Waals surface area contributed by atoms with Crippen molar-refractivity contribution in [3.8, 4) is 0 Å². The molecule has 3 rings (SSSR count). The zero-order valence-electron chi connectivity index (χ0n) is 16.7. The molecule has 0 atom stereocenters. The molecule has 2 aromatic rings. The van der Waals surface area contributed by atoms with Crippen molar-refractivity contribution in [2.24, 2.45) is 12.0 Å². The molecule has 2 N–H and O–H groups in total. The summed E-state index contributed by atoms with van der Waals surface area (Å²) < 4.78 is 4.22. The van der Waals surface area contributed by atoms with Gasteiger partial charge in [-0.25, -0.2) is 0 Å². The number of nitrogens with zero attached hydrogens (tertiary/aromatic N) is 6. The van der Waals surface area contributed by atoms with Gasteiger partial charge in [0.25, 0.3) is 0 Å². The second kappa shape index (κ2) is 10.0. The summed E-state index contributed by atoms with van der Waals surface area (Å²) in [5.74, 6) is 3.01. The minimum Gasteiger partial charge on any atom is -0.356 e. The highest BCUT2D eigenvalue weighted by Gasteiger charge is 2.14. The summed E-state index contributed by atoms with van der Waals surface area (Å²) in [5.41, 5.74) is 3.45. The average molecular weight is 486 g/mol. The molecular weight excluding hydrogens is 455 g/mol. The molecule has 0 aromatic carbocycles. The predicted octanol–water partition coefficient (Wildman–Crippen LogP) is 1.88. The van der Waals surface area contributed by atoms with Gasteiger partial charge in [-0.1, -0.05) is 6.42 Å². The number of fused-ring (bicyclic) bond motifs is 1. The van der Waals surface area contributed by atoms with Gasteiger partial charge in [-0.15, -0.1) is 34.2 Å². The van der Waals surface area contributed by atoms with E-state index in [1.165, 1.54) is 30.5 Å². The number of guanidine groups is 1. The Hall–Kier alpha value is -1.65. The van der Waals surface area contributed by atoms with Gasteiger partial charge in [-0.3, -0.25) is 9.67 Å². The van der Waals surface area contributed by atoms with E-state index in [2.05, 4.69) is 42.4 Å². The quantitative estimate of drug-likeness (QED) is 0.383. The third-order valence-electron chi connectivity index (χ3n) is 5.14. The van der Waals surface area contributed by atoms with Crippen LogP contribution >= 0.6 is 24.0 Å². The molecule has 0 bridgehead atoms. The first-order valence-corrected chi connectivity index (χ1v) is 9.44. The molecule has 0 saturated carbocycles. The topological polar surface area (TPSA) is 84.9 Å². The lowest BCUT2D eigenvalue weighted by molar-refractivity contribution is 0.600. The van der Waals surface area contributed by atoms with Crippen LogP contribution in [0.2, 0.25) is 0 Å². The van der Waals surface area contributed by atoms with Gasteiger partial charge in [0, 0.05) is 57.8 Å². The second-order valence-electron chi connectivity index (χ2n) is 6.87. The maximum Gasteiger partial charge on any atom is 0.191 e. The normalized spacial score (nSPS) is 14.3. The Kier molecular flexibility index (Phi) is 8.06. The van der Waals surface area contributed by atoms with Crippen LogP contribution < -0.4 is 10.6 Å². The molecular formula is C18H31IN8. The van der Waals surface area contributed by atoms with Gasteiger partial charge in [0.1, 0.15) is 11.6 Å². The number of aryl methyl sites for hydroxylation is 3. The molecule has 0 radical (unpaired) electrons. The predicted molar refractivity (Wildman–Crippen MR) is 118 cm³/mol. The summed E-state index contributed by atoms with van der Waals surface area (Å²) in [4.78, 5) is 4.31. The van der Waals surface area contributed by atoms with E-state index in [1.54, 1.807) is 7.05 Å². The number of hydrogen-bond acceptors (Lipinski definition) is 4. The van der Waals surface area contributed by atoms with Crippen LogP contribution in [-0.4, -0.2) is 44.1 Å². The van der Waals surface area contributed by atoms with Gasteiger partial charge in [0.15, 0.2) is 5.96 Å². The highest BCUT2D eigenvalue weighted by Crippen LogP contribution is 2.14. The Morgan fingerprint density at radius 3 is 2.67 bits per heavy atom. The fourth-order valence-electron chi connectivity index (χ4n) is 3.49. The minimum atomic E-state index is 0. The molecule has 0 spiro atoms. The Morgan fingerprint density at radius 1 is 1.15 bits per heavy atom. The summed E-state index contributed by atoms with van der Waals surface area (Å²) in [6, 6.07) is 0. The zero-order chi connectivity index (χ0) is 18.5. The van der Waals surface area contributed by atoms with Gasteiger partial charge in [0.2, 0.25) is 0 Å². The van der Waals surface area contributed by atoms with E-state index in [9.17, 15) is 0 Å². The SMILES string of the molecule is CN=C(NCCc1nnc2n1CCCCC2)NCc1c(C)nn(C)c1C.I. The van der Waals surface area contributed by atoms with Gasteiger partial charge >= 0.3 is 0 Å². The number of aliphatic imine (C=N–C) groups is 1. The Morgan fingerprint density at radius 2 is 1.96 bits per heavy atom. The lowest BCUT2D eigenvalue weighted by Gasteiger charge is -2.12. The van der Waals surface area contributed by atoms with Crippen molar-refractivity contribution in [2.45, 2.75) is 59.0 Å². The molecule has 0 aliphatic carbocycles. The zero-order valence-corrected chi connectivity index (χ0v) is 19.1. The minimum absolute atomic E-state index is 0. The number of hydrogen-bond donors (Lipinski definition) is 2. The first-order chi connectivity index (χ1) is 12.6. The molecule has 27 heavy (non-hydrogen) atoms. The first kappa shape index (κ1) is 21.6. The Labute approximate surface area is 178 Å². The van der Waals surface area contributed by atoms with Gasteiger partial charge in [-0.2, -0.15) is 5.10 Å². The largest absolute Gasteiger partial charge is 0.356 e. The van der Waals surface area contributed by atoms with Crippen LogP contribution in [0.5, 0.6) is 0 Å². The standard InChI is InChI=1S/C18H30N8.HI/c1-13-15(14(2)25(4)24-13)12-21-18(19-3)20-10-9-17-23-22-16-8-6-5-7-11-26(16)17;/h5-12H2,1-4H3,(H2,19,20,21);1H. The van der Waals surface area contributed by atoms with Crippen LogP contribution in [-0.2, 0) is 33.0 Å². The van der Waals surface area contributed by atoms with E-state index < -0.39 is 0 Å².